The summed E-state index contributed by atoms with van der Waals surface area (Å²) in [5, 5.41) is 13.9. The topological polar surface area (TPSA) is 56.7 Å². The summed E-state index contributed by atoms with van der Waals surface area (Å²) in [6.45, 7) is 8.08. The average Bonchev–Trinajstić information content (AvgIpc) is 3.25. The van der Waals surface area contributed by atoms with Gasteiger partial charge in [0.15, 0.2) is 11.0 Å². The van der Waals surface area contributed by atoms with Gasteiger partial charge < -0.3 is 4.52 Å². The molecule has 4 rings (SSSR count). The Balaban J connectivity index is 1.75. The van der Waals surface area contributed by atoms with Gasteiger partial charge in [-0.05, 0) is 39.8 Å². The Kier molecular flexibility index (Phi) is 5.05. The van der Waals surface area contributed by atoms with Crippen LogP contribution < -0.4 is 0 Å². The minimum absolute atomic E-state index is 0.735. The fourth-order valence-electron chi connectivity index (χ4n) is 3.02. The Labute approximate surface area is 168 Å². The second kappa shape index (κ2) is 7.64. The summed E-state index contributed by atoms with van der Waals surface area (Å²) < 4.78 is 7.41. The molecule has 142 valence electrons. The Morgan fingerprint density at radius 2 is 1.50 bits per heavy atom. The Morgan fingerprint density at radius 1 is 0.857 bits per heavy atom. The van der Waals surface area contributed by atoms with Crippen molar-refractivity contribution in [1.82, 2.24) is 19.9 Å². The number of nitrogens with zero attached hydrogens (tertiary/aromatic N) is 4. The lowest BCUT2D eigenvalue weighted by atomic mass is 10.1. The average molecular weight is 391 g/mol. The molecular formula is C22H22N4OS. The molecule has 6 heteroatoms. The van der Waals surface area contributed by atoms with Gasteiger partial charge in [0, 0.05) is 22.6 Å². The van der Waals surface area contributed by atoms with Crippen molar-refractivity contribution < 1.29 is 4.52 Å². The van der Waals surface area contributed by atoms with Gasteiger partial charge >= 0.3 is 0 Å². The van der Waals surface area contributed by atoms with Crippen molar-refractivity contribution in [2.24, 2.45) is 0 Å². The first-order valence-electron chi connectivity index (χ1n) is 9.17. The SMILES string of the molecule is Cc1ccc(-c2nnc(SCc3c(C)noc3C)n2-c2ccc(C)cc2)cc1. The predicted molar refractivity (Wildman–Crippen MR) is 112 cm³/mol. The van der Waals surface area contributed by atoms with Crippen LogP contribution in [0.1, 0.15) is 28.1 Å². The highest BCUT2D eigenvalue weighted by molar-refractivity contribution is 7.98. The number of aromatic nitrogens is 4. The van der Waals surface area contributed by atoms with Crippen molar-refractivity contribution in [1.29, 1.82) is 0 Å². The van der Waals surface area contributed by atoms with Crippen LogP contribution in [-0.2, 0) is 5.75 Å². The van der Waals surface area contributed by atoms with E-state index < -0.39 is 0 Å². The Bertz CT molecular complexity index is 1080. The lowest BCUT2D eigenvalue weighted by Crippen LogP contribution is -2.00. The molecule has 0 amide bonds. The van der Waals surface area contributed by atoms with Gasteiger partial charge in [0.25, 0.3) is 0 Å². The van der Waals surface area contributed by atoms with Crippen molar-refractivity contribution in [2.45, 2.75) is 38.6 Å². The van der Waals surface area contributed by atoms with E-state index in [1.807, 2.05) is 13.8 Å². The molecule has 2 aromatic carbocycles. The van der Waals surface area contributed by atoms with E-state index in [9.17, 15) is 0 Å². The van der Waals surface area contributed by atoms with Crippen LogP contribution >= 0.6 is 11.8 Å². The third kappa shape index (κ3) is 3.60. The van der Waals surface area contributed by atoms with Gasteiger partial charge in [-0.25, -0.2) is 0 Å². The highest BCUT2D eigenvalue weighted by Gasteiger charge is 2.18. The largest absolute Gasteiger partial charge is 0.361 e. The quantitative estimate of drug-likeness (QED) is 0.424. The van der Waals surface area contributed by atoms with Crippen molar-refractivity contribution >= 4 is 11.8 Å². The van der Waals surface area contributed by atoms with Crippen LogP contribution in [-0.4, -0.2) is 19.9 Å². The van der Waals surface area contributed by atoms with E-state index in [2.05, 4.69) is 82.3 Å². The van der Waals surface area contributed by atoms with Gasteiger partial charge in [-0.15, -0.1) is 10.2 Å². The molecule has 0 spiro atoms. The zero-order valence-electron chi connectivity index (χ0n) is 16.4. The van der Waals surface area contributed by atoms with Crippen LogP contribution in [0.2, 0.25) is 0 Å². The summed E-state index contributed by atoms with van der Waals surface area (Å²) in [5.41, 5.74) is 6.57. The maximum Gasteiger partial charge on any atom is 0.196 e. The van der Waals surface area contributed by atoms with Gasteiger partial charge in [0.1, 0.15) is 5.76 Å². The van der Waals surface area contributed by atoms with Crippen LogP contribution in [0.25, 0.3) is 17.1 Å². The molecule has 0 saturated carbocycles. The molecule has 2 heterocycles. The molecule has 0 atom stereocenters. The smallest absolute Gasteiger partial charge is 0.196 e. The number of benzene rings is 2. The number of hydrogen-bond acceptors (Lipinski definition) is 5. The second-order valence-electron chi connectivity index (χ2n) is 6.93. The van der Waals surface area contributed by atoms with Crippen molar-refractivity contribution in [3.05, 3.63) is 76.7 Å². The summed E-state index contributed by atoms with van der Waals surface area (Å²) >= 11 is 1.64. The van der Waals surface area contributed by atoms with E-state index >= 15 is 0 Å². The predicted octanol–water partition coefficient (Wildman–Crippen LogP) is 5.45. The van der Waals surface area contributed by atoms with Crippen LogP contribution in [0.5, 0.6) is 0 Å². The monoisotopic (exact) mass is 390 g/mol. The van der Waals surface area contributed by atoms with E-state index in [-0.39, 0.29) is 0 Å². The fraction of sp³-hybridized carbons (Fsp3) is 0.227. The van der Waals surface area contributed by atoms with E-state index in [1.54, 1.807) is 11.8 Å². The normalized spacial score (nSPS) is 11.1. The number of rotatable bonds is 5. The first-order valence-corrected chi connectivity index (χ1v) is 10.2. The molecule has 0 saturated heterocycles. The van der Waals surface area contributed by atoms with Gasteiger partial charge in [-0.2, -0.15) is 0 Å². The number of hydrogen-bond donors (Lipinski definition) is 0. The van der Waals surface area contributed by atoms with E-state index in [0.29, 0.717) is 0 Å². The molecule has 0 N–H and O–H groups in total. The van der Waals surface area contributed by atoms with Crippen molar-refractivity contribution in [2.75, 3.05) is 0 Å². The lowest BCUT2D eigenvalue weighted by Gasteiger charge is -2.11. The second-order valence-corrected chi connectivity index (χ2v) is 7.88. The van der Waals surface area contributed by atoms with Crippen LogP contribution in [0.3, 0.4) is 0 Å². The molecule has 0 fully saturated rings. The van der Waals surface area contributed by atoms with Gasteiger partial charge in [-0.3, -0.25) is 4.57 Å². The van der Waals surface area contributed by atoms with Crippen molar-refractivity contribution in [3.63, 3.8) is 0 Å². The van der Waals surface area contributed by atoms with Crippen molar-refractivity contribution in [3.8, 4) is 17.1 Å². The zero-order valence-corrected chi connectivity index (χ0v) is 17.2. The molecule has 0 aliphatic carbocycles. The molecule has 0 aliphatic heterocycles. The van der Waals surface area contributed by atoms with Gasteiger partial charge in [-0.1, -0.05) is 64.4 Å². The molecule has 2 aromatic heterocycles. The van der Waals surface area contributed by atoms with Gasteiger partial charge in [0.05, 0.1) is 5.69 Å². The molecule has 4 aromatic rings. The summed E-state index contributed by atoms with van der Waals surface area (Å²) in [4.78, 5) is 0. The highest BCUT2D eigenvalue weighted by atomic mass is 32.2. The standard InChI is InChI=1S/C22H22N4OS/c1-14-5-9-18(10-6-14)21-23-24-22(26(21)19-11-7-15(2)8-12-19)28-13-20-16(3)25-27-17(20)4/h5-12H,13H2,1-4H3. The van der Waals surface area contributed by atoms with E-state index in [4.69, 9.17) is 4.52 Å². The van der Waals surface area contributed by atoms with Crippen LogP contribution in [0.15, 0.2) is 58.2 Å². The van der Waals surface area contributed by atoms with E-state index in [1.165, 1.54) is 11.1 Å². The Hall–Kier alpha value is -2.86. The van der Waals surface area contributed by atoms with Gasteiger partial charge in [0.2, 0.25) is 0 Å². The number of thioether (sulfide) groups is 1. The molecule has 0 unspecified atom stereocenters. The number of aryl methyl sites for hydroxylation is 4. The summed E-state index contributed by atoms with van der Waals surface area (Å²) in [6.07, 6.45) is 0. The fourth-order valence-corrected chi connectivity index (χ4v) is 4.13. The summed E-state index contributed by atoms with van der Waals surface area (Å²) in [6, 6.07) is 16.8. The molecule has 0 bridgehead atoms. The lowest BCUT2D eigenvalue weighted by molar-refractivity contribution is 0.392. The highest BCUT2D eigenvalue weighted by Crippen LogP contribution is 2.31. The van der Waals surface area contributed by atoms with Crippen LogP contribution in [0.4, 0.5) is 0 Å². The summed E-state index contributed by atoms with van der Waals surface area (Å²) in [7, 11) is 0. The molecular weight excluding hydrogens is 368 g/mol. The first kappa shape index (κ1) is 18.5. The maximum atomic E-state index is 5.29. The third-order valence-electron chi connectivity index (χ3n) is 4.76. The summed E-state index contributed by atoms with van der Waals surface area (Å²) in [5.74, 6) is 2.43. The Morgan fingerprint density at radius 3 is 2.11 bits per heavy atom. The third-order valence-corrected chi connectivity index (χ3v) is 5.72. The molecule has 0 radical (unpaired) electrons. The van der Waals surface area contributed by atoms with Crippen LogP contribution in [0, 0.1) is 27.7 Å². The zero-order chi connectivity index (χ0) is 19.7. The maximum absolute atomic E-state index is 5.29. The molecule has 5 nitrogen and oxygen atoms in total. The minimum Gasteiger partial charge on any atom is -0.361 e. The molecule has 0 aliphatic rings. The minimum atomic E-state index is 0.735. The van der Waals surface area contributed by atoms with E-state index in [0.717, 1.165) is 45.0 Å². The first-order chi connectivity index (χ1) is 13.5. The molecule has 28 heavy (non-hydrogen) atoms.